The van der Waals surface area contributed by atoms with Gasteiger partial charge in [-0.15, -0.1) is 0 Å². The molecule has 25 atom stereocenters. The monoisotopic (exact) mass is 910 g/mol. The van der Waals surface area contributed by atoms with Crippen LogP contribution < -0.4 is 10.6 Å². The van der Waals surface area contributed by atoms with Crippen LogP contribution in [0.15, 0.2) is 0 Å². The summed E-state index contributed by atoms with van der Waals surface area (Å²) in [4.78, 5) is 24.2. The number of carbonyl (C=O) groups excluding carboxylic acids is 2. The van der Waals surface area contributed by atoms with Crippen LogP contribution in [-0.4, -0.2) is 275 Å². The molecule has 1 unspecified atom stereocenters. The number of amides is 2. The van der Waals surface area contributed by atoms with Gasteiger partial charge in [-0.3, -0.25) is 9.59 Å². The standard InChI is InChI=1S/C34H58N2O26/c1-8(41)35-15-21(47)27(13(6-40)55-30(15)53)60-34-26(52)29(62-33-25(51)23(49)19(45)12(5-39)58-33)28(61-31-16(36-9(2)42)20(46)17(43)10(3-37)56-31)14(59-34)7-54-32-24(50)22(48)18(44)11(4-38)57-32/h10-34,37-40,43-53H,3-7H2,1-2H3,(H,35,41)(H,36,42)/t10-,11-,12-,13-,14-,15-,16-,17-,18-,19-,20-,21-,22+,23+,24+,25+,26+,27-,28-,29-,30?,31+,32+,33-,34+/m1/s1. The molecule has 0 spiro atoms. The van der Waals surface area contributed by atoms with Gasteiger partial charge in [-0.25, -0.2) is 0 Å². The predicted octanol–water partition coefficient (Wildman–Crippen LogP) is -11.6. The number of nitrogens with one attached hydrogen (secondary N) is 2. The lowest BCUT2D eigenvalue weighted by Crippen LogP contribution is -2.70. The molecule has 0 aromatic heterocycles. The SMILES string of the molecule is CC(=O)N[C@H]1[C@H](O[C@H]2[C@H](O[C@H]3O[C@H](CO)[C@@H](O)[C@H](O)[C@@H]3O)[C@H](O)[C@H](O[C@H]3[C@H](O)[C@@H](NC(C)=O)C(O)O[C@@H]3CO)O[C@@H]2CO[C@H]2O[C@H](CO)[C@@H](O)[C@H](O)[C@@H]2O)O[C@H](CO)[C@@H](O)[C@@H]1O. The highest BCUT2D eigenvalue weighted by Gasteiger charge is 2.57. The maximum Gasteiger partial charge on any atom is 0.217 e. The molecule has 0 aromatic carbocycles. The minimum Gasteiger partial charge on any atom is -0.394 e. The van der Waals surface area contributed by atoms with Crippen LogP contribution in [0.5, 0.6) is 0 Å². The molecule has 17 N–H and O–H groups in total. The van der Waals surface area contributed by atoms with Gasteiger partial charge in [0.1, 0.15) is 122 Å². The maximum absolute atomic E-state index is 12.3. The van der Waals surface area contributed by atoms with Crippen molar-refractivity contribution in [2.45, 2.75) is 167 Å². The van der Waals surface area contributed by atoms with Crippen molar-refractivity contribution < 1.29 is 129 Å². The van der Waals surface area contributed by atoms with Gasteiger partial charge in [0.15, 0.2) is 31.5 Å². The Labute approximate surface area is 351 Å². The second-order valence-electron chi connectivity index (χ2n) is 15.5. The Kier molecular flexibility index (Phi) is 18.1. The van der Waals surface area contributed by atoms with Crippen molar-refractivity contribution in [1.29, 1.82) is 0 Å². The number of aliphatic hydroxyl groups excluding tert-OH is 15. The van der Waals surface area contributed by atoms with Crippen molar-refractivity contribution >= 4 is 11.8 Å². The number of rotatable bonds is 15. The van der Waals surface area contributed by atoms with E-state index in [1.54, 1.807) is 0 Å². The molecule has 5 aliphatic heterocycles. The molecule has 5 heterocycles. The molecule has 5 fully saturated rings. The van der Waals surface area contributed by atoms with E-state index in [1.165, 1.54) is 0 Å². The molecule has 62 heavy (non-hydrogen) atoms. The summed E-state index contributed by atoms with van der Waals surface area (Å²) in [5.41, 5.74) is 0. The molecule has 28 heteroatoms. The van der Waals surface area contributed by atoms with Crippen LogP contribution >= 0.6 is 0 Å². The third kappa shape index (κ3) is 11.0. The highest BCUT2D eigenvalue weighted by molar-refractivity contribution is 5.73. The number of ether oxygens (including phenoxy) is 9. The topological polar surface area (TPSA) is 445 Å². The van der Waals surface area contributed by atoms with Gasteiger partial charge in [-0.2, -0.15) is 0 Å². The lowest BCUT2D eigenvalue weighted by molar-refractivity contribution is -0.396. The van der Waals surface area contributed by atoms with E-state index in [1.807, 2.05) is 0 Å². The van der Waals surface area contributed by atoms with Gasteiger partial charge in [0, 0.05) is 13.8 Å². The van der Waals surface area contributed by atoms with E-state index in [-0.39, 0.29) is 0 Å². The largest absolute Gasteiger partial charge is 0.394 e. The number of hydrogen-bond acceptors (Lipinski definition) is 26. The molecule has 5 saturated heterocycles. The predicted molar refractivity (Wildman–Crippen MR) is 190 cm³/mol. The Morgan fingerprint density at radius 1 is 0.419 bits per heavy atom. The Bertz CT molecular complexity index is 1440. The first-order valence-electron chi connectivity index (χ1n) is 19.6. The molecule has 0 aliphatic carbocycles. The first-order chi connectivity index (χ1) is 29.3. The highest BCUT2D eigenvalue weighted by Crippen LogP contribution is 2.36. The van der Waals surface area contributed by atoms with Crippen molar-refractivity contribution in [3.63, 3.8) is 0 Å². The van der Waals surface area contributed by atoms with E-state index < -0.39 is 198 Å². The van der Waals surface area contributed by atoms with Gasteiger partial charge in [0.2, 0.25) is 11.8 Å². The summed E-state index contributed by atoms with van der Waals surface area (Å²) in [6, 6.07) is -3.27. The first-order valence-corrected chi connectivity index (χ1v) is 19.6. The van der Waals surface area contributed by atoms with E-state index in [0.29, 0.717) is 0 Å². The van der Waals surface area contributed by atoms with Crippen molar-refractivity contribution in [3.8, 4) is 0 Å². The molecule has 2 amide bonds. The van der Waals surface area contributed by atoms with Crippen LogP contribution in [0.2, 0.25) is 0 Å². The van der Waals surface area contributed by atoms with E-state index in [9.17, 15) is 86.2 Å². The summed E-state index contributed by atoms with van der Waals surface area (Å²) in [6.45, 7) is -2.52. The molecule has 0 bridgehead atoms. The summed E-state index contributed by atoms with van der Waals surface area (Å²) in [7, 11) is 0. The van der Waals surface area contributed by atoms with E-state index in [2.05, 4.69) is 10.6 Å². The molecule has 0 aromatic rings. The zero-order valence-electron chi connectivity index (χ0n) is 33.2. The van der Waals surface area contributed by atoms with Crippen LogP contribution in [0.25, 0.3) is 0 Å². The van der Waals surface area contributed by atoms with Gasteiger partial charge >= 0.3 is 0 Å². The van der Waals surface area contributed by atoms with E-state index >= 15 is 0 Å². The van der Waals surface area contributed by atoms with Crippen molar-refractivity contribution in [2.75, 3.05) is 33.0 Å². The number of hydrogen-bond donors (Lipinski definition) is 17. The average Bonchev–Trinajstić information content (AvgIpc) is 3.23. The third-order valence-electron chi connectivity index (χ3n) is 11.1. The Morgan fingerprint density at radius 3 is 1.37 bits per heavy atom. The van der Waals surface area contributed by atoms with Crippen LogP contribution in [0.4, 0.5) is 0 Å². The first kappa shape index (κ1) is 51.0. The summed E-state index contributed by atoms with van der Waals surface area (Å²) >= 11 is 0. The molecule has 5 aliphatic rings. The van der Waals surface area contributed by atoms with E-state index in [0.717, 1.165) is 13.8 Å². The summed E-state index contributed by atoms with van der Waals surface area (Å²) in [5.74, 6) is -1.53. The Hall–Kier alpha value is -2.02. The van der Waals surface area contributed by atoms with E-state index in [4.69, 9.17) is 42.6 Å². The smallest absolute Gasteiger partial charge is 0.217 e. The number of aliphatic hydroxyl groups is 15. The zero-order chi connectivity index (χ0) is 45.9. The minimum atomic E-state index is -2.26. The Morgan fingerprint density at radius 2 is 0.839 bits per heavy atom. The van der Waals surface area contributed by atoms with Crippen LogP contribution in [-0.2, 0) is 52.2 Å². The summed E-state index contributed by atoms with van der Waals surface area (Å²) in [5, 5.41) is 163. The fourth-order valence-corrected chi connectivity index (χ4v) is 7.73. The molecule has 0 radical (unpaired) electrons. The van der Waals surface area contributed by atoms with Crippen LogP contribution in [0.1, 0.15) is 13.8 Å². The van der Waals surface area contributed by atoms with Gasteiger partial charge < -0.3 is 130 Å². The summed E-state index contributed by atoms with van der Waals surface area (Å²) < 4.78 is 52.0. The molecule has 5 rings (SSSR count). The van der Waals surface area contributed by atoms with Crippen LogP contribution in [0.3, 0.4) is 0 Å². The van der Waals surface area contributed by atoms with Gasteiger partial charge in [0.05, 0.1) is 33.0 Å². The molecular formula is C34H58N2O26. The molecule has 0 saturated carbocycles. The normalized spacial score (nSPS) is 49.0. The maximum atomic E-state index is 12.3. The van der Waals surface area contributed by atoms with Crippen LogP contribution in [0, 0.1) is 0 Å². The quantitative estimate of drug-likeness (QED) is 0.0725. The molecule has 360 valence electrons. The lowest BCUT2D eigenvalue weighted by atomic mass is 9.94. The van der Waals surface area contributed by atoms with Crippen molar-refractivity contribution in [1.82, 2.24) is 10.6 Å². The molecular weight excluding hydrogens is 852 g/mol. The van der Waals surface area contributed by atoms with Gasteiger partial charge in [-0.05, 0) is 0 Å². The fraction of sp³-hybridized carbons (Fsp3) is 0.941. The van der Waals surface area contributed by atoms with Gasteiger partial charge in [-0.1, -0.05) is 0 Å². The zero-order valence-corrected chi connectivity index (χ0v) is 33.2. The molecule has 28 nitrogen and oxygen atoms in total. The average molecular weight is 911 g/mol. The lowest BCUT2D eigenvalue weighted by Gasteiger charge is -2.51. The highest BCUT2D eigenvalue weighted by atomic mass is 16.8. The van der Waals surface area contributed by atoms with Gasteiger partial charge in [0.25, 0.3) is 0 Å². The minimum absolute atomic E-state index is 0.742. The summed E-state index contributed by atoms with van der Waals surface area (Å²) in [6.07, 6.45) is -43.6. The van der Waals surface area contributed by atoms with Crippen molar-refractivity contribution in [2.24, 2.45) is 0 Å². The third-order valence-corrected chi connectivity index (χ3v) is 11.1. The second kappa shape index (κ2) is 22.0. The van der Waals surface area contributed by atoms with Crippen molar-refractivity contribution in [3.05, 3.63) is 0 Å². The number of carbonyl (C=O) groups is 2. The Balaban J connectivity index is 1.58. The fourth-order valence-electron chi connectivity index (χ4n) is 7.73. The second-order valence-corrected chi connectivity index (χ2v) is 15.5.